The van der Waals surface area contributed by atoms with Crippen LogP contribution in [0.1, 0.15) is 0 Å². The van der Waals surface area contributed by atoms with Crippen LogP contribution in [0.3, 0.4) is 0 Å². The van der Waals surface area contributed by atoms with Crippen LogP contribution < -0.4 is 10.9 Å². The standard InChI is InChI=1S/C11H10BrO5P/c1-15-18(14,16-2)10-6-7-5-8(12)3-4-9(7)17-11(10)13/h3-6H,1-2H3. The van der Waals surface area contributed by atoms with Crippen LogP contribution in [-0.4, -0.2) is 14.2 Å². The lowest BCUT2D eigenvalue weighted by Crippen LogP contribution is -2.24. The predicted octanol–water partition coefficient (Wildman–Crippen LogP) is 2.67. The van der Waals surface area contributed by atoms with E-state index in [0.717, 1.165) is 4.47 Å². The first-order valence-corrected chi connectivity index (χ1v) is 7.29. The predicted molar refractivity (Wildman–Crippen MR) is 71.4 cm³/mol. The van der Waals surface area contributed by atoms with Crippen LogP contribution in [0.15, 0.2) is 37.9 Å². The highest BCUT2D eigenvalue weighted by Crippen LogP contribution is 2.44. The second-order valence-corrected chi connectivity index (χ2v) is 6.59. The highest BCUT2D eigenvalue weighted by atomic mass is 79.9. The van der Waals surface area contributed by atoms with Gasteiger partial charge in [0.05, 0.1) is 0 Å². The van der Waals surface area contributed by atoms with E-state index in [1.165, 1.54) is 20.3 Å². The summed E-state index contributed by atoms with van der Waals surface area (Å²) in [5.74, 6) is 0. The largest absolute Gasteiger partial charge is 0.422 e. The minimum Gasteiger partial charge on any atom is -0.422 e. The van der Waals surface area contributed by atoms with Crippen molar-refractivity contribution in [2.75, 3.05) is 14.2 Å². The van der Waals surface area contributed by atoms with Gasteiger partial charge in [-0.15, -0.1) is 0 Å². The summed E-state index contributed by atoms with van der Waals surface area (Å²) in [6.45, 7) is 0. The molecule has 1 aromatic heterocycles. The summed E-state index contributed by atoms with van der Waals surface area (Å²) in [6, 6.07) is 6.60. The lowest BCUT2D eigenvalue weighted by molar-refractivity contribution is 0.286. The van der Waals surface area contributed by atoms with E-state index in [4.69, 9.17) is 13.5 Å². The molecule has 0 radical (unpaired) electrons. The zero-order valence-electron chi connectivity index (χ0n) is 9.68. The molecule has 2 aromatic rings. The van der Waals surface area contributed by atoms with Gasteiger partial charge >= 0.3 is 13.2 Å². The van der Waals surface area contributed by atoms with Crippen LogP contribution in [0.2, 0.25) is 0 Å². The molecule has 0 bridgehead atoms. The second kappa shape index (κ2) is 4.97. The molecule has 0 fully saturated rings. The van der Waals surface area contributed by atoms with Crippen LogP contribution in [0, 0.1) is 0 Å². The summed E-state index contributed by atoms with van der Waals surface area (Å²) in [5, 5.41) is 0.520. The summed E-state index contributed by atoms with van der Waals surface area (Å²) in [4.78, 5) is 11.8. The fourth-order valence-electron chi connectivity index (χ4n) is 1.55. The Labute approximate surface area is 111 Å². The van der Waals surface area contributed by atoms with Crippen molar-refractivity contribution in [2.24, 2.45) is 0 Å². The zero-order chi connectivity index (χ0) is 13.3. The molecule has 0 spiro atoms. The van der Waals surface area contributed by atoms with E-state index in [2.05, 4.69) is 15.9 Å². The molecule has 0 aliphatic rings. The van der Waals surface area contributed by atoms with E-state index in [9.17, 15) is 9.36 Å². The van der Waals surface area contributed by atoms with Crippen molar-refractivity contribution in [3.8, 4) is 0 Å². The second-order valence-electron chi connectivity index (χ2n) is 3.46. The Hall–Kier alpha value is -0.940. The van der Waals surface area contributed by atoms with E-state index in [0.29, 0.717) is 11.0 Å². The van der Waals surface area contributed by atoms with Crippen molar-refractivity contribution in [3.63, 3.8) is 0 Å². The van der Waals surface area contributed by atoms with E-state index in [-0.39, 0.29) is 5.30 Å². The summed E-state index contributed by atoms with van der Waals surface area (Å²) in [5.41, 5.74) is -0.317. The molecule has 0 N–H and O–H groups in total. The molecule has 2 rings (SSSR count). The molecular weight excluding hydrogens is 323 g/mol. The Bertz CT molecular complexity index is 685. The molecule has 7 heteroatoms. The maximum atomic E-state index is 12.2. The summed E-state index contributed by atoms with van der Waals surface area (Å²) in [7, 11) is -1.18. The van der Waals surface area contributed by atoms with E-state index < -0.39 is 13.2 Å². The summed E-state index contributed by atoms with van der Waals surface area (Å²) < 4.78 is 27.7. The number of fused-ring (bicyclic) bond motifs is 1. The van der Waals surface area contributed by atoms with Crippen molar-refractivity contribution in [2.45, 2.75) is 0 Å². The number of benzene rings is 1. The SMILES string of the molecule is COP(=O)(OC)c1cc2cc(Br)ccc2oc1=O. The van der Waals surface area contributed by atoms with Gasteiger partial charge in [0, 0.05) is 24.1 Å². The van der Waals surface area contributed by atoms with Gasteiger partial charge in [0.25, 0.3) is 0 Å². The van der Waals surface area contributed by atoms with Crippen LogP contribution in [0.4, 0.5) is 0 Å². The minimum atomic E-state index is -3.61. The van der Waals surface area contributed by atoms with Gasteiger partial charge < -0.3 is 13.5 Å². The van der Waals surface area contributed by atoms with Crippen LogP contribution >= 0.6 is 23.5 Å². The molecule has 0 saturated heterocycles. The summed E-state index contributed by atoms with van der Waals surface area (Å²) >= 11 is 3.31. The monoisotopic (exact) mass is 332 g/mol. The Morgan fingerprint density at radius 3 is 2.50 bits per heavy atom. The van der Waals surface area contributed by atoms with Gasteiger partial charge in [0.2, 0.25) is 0 Å². The molecule has 0 aliphatic carbocycles. The molecule has 5 nitrogen and oxygen atoms in total. The molecule has 0 unspecified atom stereocenters. The first kappa shape index (κ1) is 13.5. The molecule has 0 aliphatic heterocycles. The maximum Gasteiger partial charge on any atom is 0.368 e. The maximum absolute atomic E-state index is 12.2. The fourth-order valence-corrected chi connectivity index (χ4v) is 3.03. The van der Waals surface area contributed by atoms with Crippen molar-refractivity contribution >= 4 is 39.8 Å². The zero-order valence-corrected chi connectivity index (χ0v) is 12.2. The number of hydrogen-bond donors (Lipinski definition) is 0. The molecule has 0 saturated carbocycles. The van der Waals surface area contributed by atoms with Gasteiger partial charge in [-0.2, -0.15) is 0 Å². The van der Waals surface area contributed by atoms with Crippen LogP contribution in [0.5, 0.6) is 0 Å². The number of halogens is 1. The lowest BCUT2D eigenvalue weighted by Gasteiger charge is -2.12. The fraction of sp³-hybridized carbons (Fsp3) is 0.182. The molecule has 0 atom stereocenters. The Morgan fingerprint density at radius 1 is 1.22 bits per heavy atom. The number of hydrogen-bond acceptors (Lipinski definition) is 5. The Balaban J connectivity index is 2.76. The minimum absolute atomic E-state index is 0.113. The third-order valence-corrected chi connectivity index (χ3v) is 4.81. The normalized spacial score (nSPS) is 11.9. The molecule has 96 valence electrons. The van der Waals surface area contributed by atoms with Crippen LogP contribution in [-0.2, 0) is 13.6 Å². The summed E-state index contributed by atoms with van der Waals surface area (Å²) in [6.07, 6.45) is 0. The topological polar surface area (TPSA) is 65.7 Å². The lowest BCUT2D eigenvalue weighted by atomic mass is 10.2. The molecule has 0 amide bonds. The Morgan fingerprint density at radius 2 is 1.89 bits per heavy atom. The quantitative estimate of drug-likeness (QED) is 0.638. The van der Waals surface area contributed by atoms with Gasteiger partial charge in [0.15, 0.2) is 5.30 Å². The van der Waals surface area contributed by atoms with Crippen molar-refractivity contribution in [1.29, 1.82) is 0 Å². The first-order chi connectivity index (χ1) is 8.50. The van der Waals surface area contributed by atoms with E-state index in [1.807, 2.05) is 0 Å². The molecule has 1 heterocycles. The number of rotatable bonds is 3. The molecule has 1 aromatic carbocycles. The molecule has 18 heavy (non-hydrogen) atoms. The van der Waals surface area contributed by atoms with Gasteiger partial charge in [0.1, 0.15) is 5.58 Å². The van der Waals surface area contributed by atoms with Crippen molar-refractivity contribution in [3.05, 3.63) is 39.2 Å². The highest BCUT2D eigenvalue weighted by Gasteiger charge is 2.29. The van der Waals surface area contributed by atoms with Crippen molar-refractivity contribution in [1.82, 2.24) is 0 Å². The van der Waals surface area contributed by atoms with Gasteiger partial charge in [-0.25, -0.2) is 4.79 Å². The van der Waals surface area contributed by atoms with Crippen molar-refractivity contribution < 1.29 is 18.0 Å². The highest BCUT2D eigenvalue weighted by molar-refractivity contribution is 9.10. The van der Waals surface area contributed by atoms with E-state index in [1.54, 1.807) is 18.2 Å². The smallest absolute Gasteiger partial charge is 0.368 e. The molecular formula is C11H10BrO5P. The third kappa shape index (κ3) is 2.29. The first-order valence-electron chi connectivity index (χ1n) is 4.95. The van der Waals surface area contributed by atoms with Gasteiger partial charge in [-0.3, -0.25) is 4.57 Å². The average Bonchev–Trinajstić information content (AvgIpc) is 2.37. The van der Waals surface area contributed by atoms with Gasteiger partial charge in [-0.05, 0) is 24.3 Å². The average molecular weight is 333 g/mol. The third-order valence-electron chi connectivity index (χ3n) is 2.45. The Kier molecular flexibility index (Phi) is 3.73. The van der Waals surface area contributed by atoms with Gasteiger partial charge in [-0.1, -0.05) is 15.9 Å². The van der Waals surface area contributed by atoms with E-state index >= 15 is 0 Å². The van der Waals surface area contributed by atoms with Crippen LogP contribution in [0.25, 0.3) is 11.0 Å².